The van der Waals surface area contributed by atoms with Gasteiger partial charge in [-0.25, -0.2) is 13.5 Å². The number of hydrogen-bond donors (Lipinski definition) is 0. The highest BCUT2D eigenvalue weighted by Gasteiger charge is 2.37. The Balaban J connectivity index is 2.47. The fraction of sp³-hybridized carbons (Fsp3) is 0.667. The van der Waals surface area contributed by atoms with Crippen LogP contribution in [0.15, 0.2) is 0 Å². The zero-order chi connectivity index (χ0) is 12.7. The molecule has 0 aliphatic heterocycles. The van der Waals surface area contributed by atoms with Gasteiger partial charge in [0.25, 0.3) is 6.43 Å². The van der Waals surface area contributed by atoms with E-state index in [2.05, 4.69) is 5.10 Å². The Hall–Kier alpha value is -1.24. The normalized spacial score (nSPS) is 17.5. The van der Waals surface area contributed by atoms with Crippen molar-refractivity contribution in [1.82, 2.24) is 9.78 Å². The van der Waals surface area contributed by atoms with Gasteiger partial charge in [0.2, 0.25) is 10.8 Å². The van der Waals surface area contributed by atoms with E-state index in [1.165, 1.54) is 0 Å². The lowest BCUT2D eigenvalue weighted by Gasteiger charge is -2.10. The number of rotatable bonds is 4. The average molecular weight is 266 g/mol. The van der Waals surface area contributed by atoms with Gasteiger partial charge in [0.05, 0.1) is 11.0 Å². The average Bonchev–Trinajstić information content (AvgIpc) is 3.00. The van der Waals surface area contributed by atoms with Crippen molar-refractivity contribution in [2.45, 2.75) is 32.2 Å². The quantitative estimate of drug-likeness (QED) is 0.619. The smallest absolute Gasteiger partial charge is 0.258 e. The minimum absolute atomic E-state index is 0.186. The molecule has 1 heterocycles. The molecule has 8 heteroatoms. The first-order valence-corrected chi connectivity index (χ1v) is 5.51. The molecule has 1 aliphatic carbocycles. The molecule has 0 saturated heterocycles. The molecule has 1 aromatic rings. The maximum atomic E-state index is 12.6. The molecule has 2 rings (SSSR count). The van der Waals surface area contributed by atoms with E-state index in [4.69, 9.17) is 11.6 Å². The molecule has 0 aromatic carbocycles. The Kier molecular flexibility index (Phi) is 3.03. The molecular formula is C9H10ClF2N3O2. The molecule has 0 amide bonds. The number of hydrogen-bond acceptors (Lipinski definition) is 3. The molecule has 0 bridgehead atoms. The third-order valence-electron chi connectivity index (χ3n) is 2.93. The van der Waals surface area contributed by atoms with Crippen LogP contribution in [0, 0.1) is 16.0 Å². The molecule has 1 aliphatic rings. The molecule has 94 valence electrons. The summed E-state index contributed by atoms with van der Waals surface area (Å²) in [6, 6.07) is -0.186. The van der Waals surface area contributed by atoms with Gasteiger partial charge in [-0.1, -0.05) is 11.6 Å². The monoisotopic (exact) mass is 265 g/mol. The lowest BCUT2D eigenvalue weighted by Crippen LogP contribution is -2.09. The second kappa shape index (κ2) is 4.21. The summed E-state index contributed by atoms with van der Waals surface area (Å²) in [5.41, 5.74) is -1.64. The van der Waals surface area contributed by atoms with Gasteiger partial charge >= 0.3 is 5.69 Å². The van der Waals surface area contributed by atoms with Crippen molar-refractivity contribution in [2.75, 3.05) is 0 Å². The SMILES string of the molecule is CC(C1CC1)n1nc(C(F)F)c([N+](=O)[O-])c1Cl. The van der Waals surface area contributed by atoms with Crippen LogP contribution in [-0.4, -0.2) is 14.7 Å². The highest BCUT2D eigenvalue weighted by molar-refractivity contribution is 6.31. The largest absolute Gasteiger partial charge is 0.335 e. The van der Waals surface area contributed by atoms with Crippen LogP contribution >= 0.6 is 11.6 Å². The van der Waals surface area contributed by atoms with Crippen LogP contribution in [0.5, 0.6) is 0 Å². The molecule has 1 fully saturated rings. The van der Waals surface area contributed by atoms with Gasteiger partial charge in [0, 0.05) is 0 Å². The molecule has 0 N–H and O–H groups in total. The Morgan fingerprint density at radius 3 is 2.53 bits per heavy atom. The molecule has 1 unspecified atom stereocenters. The molecule has 1 saturated carbocycles. The molecule has 0 spiro atoms. The molecular weight excluding hydrogens is 256 g/mol. The maximum absolute atomic E-state index is 12.6. The van der Waals surface area contributed by atoms with Gasteiger partial charge in [-0.3, -0.25) is 10.1 Å². The summed E-state index contributed by atoms with van der Waals surface area (Å²) in [7, 11) is 0. The van der Waals surface area contributed by atoms with Gasteiger partial charge < -0.3 is 0 Å². The summed E-state index contributed by atoms with van der Waals surface area (Å²) in [5.74, 6) is 0.317. The number of halogens is 3. The van der Waals surface area contributed by atoms with Gasteiger partial charge in [0.1, 0.15) is 0 Å². The third-order valence-corrected chi connectivity index (χ3v) is 3.29. The predicted molar refractivity (Wildman–Crippen MR) is 56.3 cm³/mol. The number of aromatic nitrogens is 2. The fourth-order valence-electron chi connectivity index (χ4n) is 1.79. The van der Waals surface area contributed by atoms with E-state index >= 15 is 0 Å². The van der Waals surface area contributed by atoms with Gasteiger partial charge in [0.15, 0.2) is 0 Å². The Labute approximate surface area is 101 Å². The molecule has 17 heavy (non-hydrogen) atoms. The molecule has 5 nitrogen and oxygen atoms in total. The molecule has 1 atom stereocenters. The predicted octanol–water partition coefficient (Wildman–Crippen LogP) is 3.35. The first kappa shape index (κ1) is 12.2. The van der Waals surface area contributed by atoms with Crippen molar-refractivity contribution in [1.29, 1.82) is 0 Å². The van der Waals surface area contributed by atoms with Crippen molar-refractivity contribution < 1.29 is 13.7 Å². The summed E-state index contributed by atoms with van der Waals surface area (Å²) >= 11 is 5.76. The third kappa shape index (κ3) is 2.11. The summed E-state index contributed by atoms with van der Waals surface area (Å²) in [6.07, 6.45) is -1.06. The van der Waals surface area contributed by atoms with E-state index in [9.17, 15) is 18.9 Å². The van der Waals surface area contributed by atoms with Gasteiger partial charge in [-0.2, -0.15) is 5.10 Å². The van der Waals surface area contributed by atoms with Crippen molar-refractivity contribution >= 4 is 17.3 Å². The van der Waals surface area contributed by atoms with Gasteiger partial charge in [-0.05, 0) is 25.7 Å². The van der Waals surface area contributed by atoms with Crippen LogP contribution in [0.3, 0.4) is 0 Å². The van der Waals surface area contributed by atoms with E-state index in [0.29, 0.717) is 5.92 Å². The van der Waals surface area contributed by atoms with Crippen LogP contribution in [-0.2, 0) is 0 Å². The maximum Gasteiger partial charge on any atom is 0.335 e. The summed E-state index contributed by atoms with van der Waals surface area (Å²) < 4.78 is 26.4. The van der Waals surface area contributed by atoms with Crippen molar-refractivity contribution in [2.24, 2.45) is 5.92 Å². The second-order valence-corrected chi connectivity index (χ2v) is 4.46. The second-order valence-electron chi connectivity index (χ2n) is 4.11. The Morgan fingerprint density at radius 1 is 1.59 bits per heavy atom. The van der Waals surface area contributed by atoms with E-state index in [-0.39, 0.29) is 11.2 Å². The summed E-state index contributed by atoms with van der Waals surface area (Å²) in [4.78, 5) is 9.79. The van der Waals surface area contributed by atoms with Crippen molar-refractivity contribution in [3.8, 4) is 0 Å². The van der Waals surface area contributed by atoms with Gasteiger partial charge in [-0.15, -0.1) is 0 Å². The van der Waals surface area contributed by atoms with Crippen LogP contribution < -0.4 is 0 Å². The summed E-state index contributed by atoms with van der Waals surface area (Å²) in [5, 5.41) is 14.0. The Morgan fingerprint density at radius 2 is 2.18 bits per heavy atom. The van der Waals surface area contributed by atoms with Crippen LogP contribution in [0.2, 0.25) is 5.15 Å². The highest BCUT2D eigenvalue weighted by Crippen LogP contribution is 2.43. The van der Waals surface area contributed by atoms with Crippen LogP contribution in [0.25, 0.3) is 0 Å². The fourth-order valence-corrected chi connectivity index (χ4v) is 2.14. The van der Waals surface area contributed by atoms with Crippen molar-refractivity contribution in [3.05, 3.63) is 21.0 Å². The summed E-state index contributed by atoms with van der Waals surface area (Å²) in [6.45, 7) is 1.77. The lowest BCUT2D eigenvalue weighted by molar-refractivity contribution is -0.386. The van der Waals surface area contributed by atoms with Crippen LogP contribution in [0.1, 0.15) is 37.9 Å². The topological polar surface area (TPSA) is 61.0 Å². The minimum atomic E-state index is -3.00. The lowest BCUT2D eigenvalue weighted by atomic mass is 10.2. The van der Waals surface area contributed by atoms with E-state index in [0.717, 1.165) is 17.5 Å². The first-order chi connectivity index (χ1) is 7.93. The zero-order valence-corrected chi connectivity index (χ0v) is 9.69. The highest BCUT2D eigenvalue weighted by atomic mass is 35.5. The van der Waals surface area contributed by atoms with Crippen LogP contribution in [0.4, 0.5) is 14.5 Å². The van der Waals surface area contributed by atoms with Crippen molar-refractivity contribution in [3.63, 3.8) is 0 Å². The van der Waals surface area contributed by atoms with E-state index in [1.807, 2.05) is 0 Å². The number of nitrogens with zero attached hydrogens (tertiary/aromatic N) is 3. The number of nitro groups is 1. The number of alkyl halides is 2. The first-order valence-electron chi connectivity index (χ1n) is 5.14. The van der Waals surface area contributed by atoms with E-state index in [1.54, 1.807) is 6.92 Å². The van der Waals surface area contributed by atoms with E-state index < -0.39 is 22.7 Å². The molecule has 0 radical (unpaired) electrons. The standard InChI is InChI=1S/C9H10ClF2N3O2/c1-4(5-2-3-5)14-8(10)7(15(16)17)6(13-14)9(11)12/h4-5,9H,2-3H2,1H3. The Bertz CT molecular complexity index is 459. The zero-order valence-electron chi connectivity index (χ0n) is 8.94. The minimum Gasteiger partial charge on any atom is -0.258 e. The molecule has 1 aromatic heterocycles.